The Balaban J connectivity index is 3.13. The summed E-state index contributed by atoms with van der Waals surface area (Å²) in [6.07, 6.45) is 4.81. The van der Waals surface area contributed by atoms with Crippen LogP contribution >= 0.6 is 0 Å². The highest BCUT2D eigenvalue weighted by Gasteiger charge is 2.21. The van der Waals surface area contributed by atoms with Crippen LogP contribution in [0.4, 0.5) is 11.6 Å². The number of rotatable bonds is 8. The van der Waals surface area contributed by atoms with E-state index < -0.39 is 0 Å². The third-order valence-electron chi connectivity index (χ3n) is 3.27. The summed E-state index contributed by atoms with van der Waals surface area (Å²) in [6.45, 7) is 7.48. The van der Waals surface area contributed by atoms with Gasteiger partial charge in [0.05, 0.1) is 7.11 Å². The Morgan fingerprint density at radius 1 is 1.42 bits per heavy atom. The van der Waals surface area contributed by atoms with Crippen molar-refractivity contribution < 1.29 is 4.74 Å². The number of methoxy groups -OCH3 is 1. The number of nitrogens with two attached hydrogens (primary N) is 1. The molecule has 1 aromatic rings. The van der Waals surface area contributed by atoms with Crippen molar-refractivity contribution in [3.8, 4) is 5.75 Å². The number of nitrogens with zero attached hydrogens (tertiary/aromatic N) is 3. The number of hydrazine groups is 1. The maximum atomic E-state index is 5.47. The number of ether oxygens (including phenoxy) is 1. The molecule has 0 saturated carbocycles. The van der Waals surface area contributed by atoms with Crippen LogP contribution in [-0.2, 0) is 0 Å². The highest BCUT2D eigenvalue weighted by atomic mass is 16.5. The van der Waals surface area contributed by atoms with E-state index in [2.05, 4.69) is 41.1 Å². The number of unbranched alkanes of at least 4 members (excludes halogenated alkanes) is 1. The topological polar surface area (TPSA) is 76.3 Å². The first-order valence-electron chi connectivity index (χ1n) is 6.81. The molecule has 0 saturated heterocycles. The van der Waals surface area contributed by atoms with Gasteiger partial charge in [0.15, 0.2) is 11.6 Å². The van der Waals surface area contributed by atoms with Gasteiger partial charge in [0.2, 0.25) is 5.75 Å². The molecule has 19 heavy (non-hydrogen) atoms. The SMILES string of the molecule is CCCCN(c1ncnc(NN)c1OC)C(C)CC. The lowest BCUT2D eigenvalue weighted by Gasteiger charge is -2.31. The van der Waals surface area contributed by atoms with Crippen LogP contribution in [0, 0.1) is 0 Å². The molecule has 0 aliphatic heterocycles. The Morgan fingerprint density at radius 2 is 2.16 bits per heavy atom. The van der Waals surface area contributed by atoms with E-state index in [1.54, 1.807) is 7.11 Å². The van der Waals surface area contributed by atoms with Crippen molar-refractivity contribution in [1.82, 2.24) is 9.97 Å². The molecule has 6 nitrogen and oxygen atoms in total. The molecule has 0 fully saturated rings. The van der Waals surface area contributed by atoms with E-state index in [0.29, 0.717) is 17.6 Å². The van der Waals surface area contributed by atoms with Crippen molar-refractivity contribution in [2.24, 2.45) is 5.84 Å². The second-order valence-electron chi connectivity index (χ2n) is 4.53. The second-order valence-corrected chi connectivity index (χ2v) is 4.53. The first-order chi connectivity index (χ1) is 9.19. The van der Waals surface area contributed by atoms with Crippen molar-refractivity contribution in [3.05, 3.63) is 6.33 Å². The molecular formula is C13H25N5O. The van der Waals surface area contributed by atoms with E-state index in [4.69, 9.17) is 10.6 Å². The lowest BCUT2D eigenvalue weighted by atomic mass is 10.2. The molecule has 108 valence electrons. The standard InChI is InChI=1S/C13H25N5O/c1-5-7-8-18(10(3)6-2)13-11(19-4)12(17-14)15-9-16-13/h9-10H,5-8,14H2,1-4H3,(H,15,16,17). The van der Waals surface area contributed by atoms with Crippen LogP contribution in [0.1, 0.15) is 40.0 Å². The van der Waals surface area contributed by atoms with Gasteiger partial charge in [-0.05, 0) is 19.8 Å². The zero-order chi connectivity index (χ0) is 14.3. The van der Waals surface area contributed by atoms with Crippen molar-refractivity contribution >= 4 is 11.6 Å². The minimum Gasteiger partial charge on any atom is -0.490 e. The maximum Gasteiger partial charge on any atom is 0.205 e. The number of hydrogen-bond donors (Lipinski definition) is 2. The highest BCUT2D eigenvalue weighted by Crippen LogP contribution is 2.32. The average molecular weight is 267 g/mol. The summed E-state index contributed by atoms with van der Waals surface area (Å²) < 4.78 is 5.41. The molecule has 3 N–H and O–H groups in total. The van der Waals surface area contributed by atoms with Gasteiger partial charge in [-0.15, -0.1) is 0 Å². The maximum absolute atomic E-state index is 5.47. The van der Waals surface area contributed by atoms with E-state index in [-0.39, 0.29) is 0 Å². The van der Waals surface area contributed by atoms with Gasteiger partial charge in [-0.3, -0.25) is 0 Å². The van der Waals surface area contributed by atoms with Crippen LogP contribution in [0.3, 0.4) is 0 Å². The lowest BCUT2D eigenvalue weighted by molar-refractivity contribution is 0.409. The van der Waals surface area contributed by atoms with Gasteiger partial charge in [0, 0.05) is 12.6 Å². The summed E-state index contributed by atoms with van der Waals surface area (Å²) in [5, 5.41) is 0. The lowest BCUT2D eigenvalue weighted by Crippen LogP contribution is -2.34. The predicted octanol–water partition coefficient (Wildman–Crippen LogP) is 2.18. The molecular weight excluding hydrogens is 242 g/mol. The number of hydrogen-bond acceptors (Lipinski definition) is 6. The van der Waals surface area contributed by atoms with Crippen LogP contribution in [0.25, 0.3) is 0 Å². The number of aromatic nitrogens is 2. The van der Waals surface area contributed by atoms with Crippen LogP contribution < -0.4 is 20.9 Å². The van der Waals surface area contributed by atoms with Crippen LogP contribution in [0.5, 0.6) is 5.75 Å². The van der Waals surface area contributed by atoms with E-state index in [0.717, 1.165) is 31.6 Å². The number of nitrogens with one attached hydrogen (secondary N) is 1. The normalized spacial score (nSPS) is 12.1. The summed E-state index contributed by atoms with van der Waals surface area (Å²) in [5.74, 6) is 7.37. The predicted molar refractivity (Wildman–Crippen MR) is 78.4 cm³/mol. The summed E-state index contributed by atoms with van der Waals surface area (Å²) in [5.41, 5.74) is 2.55. The molecule has 0 radical (unpaired) electrons. The summed E-state index contributed by atoms with van der Waals surface area (Å²) in [4.78, 5) is 10.7. The number of nitrogen functional groups attached to an aromatic ring is 1. The first-order valence-corrected chi connectivity index (χ1v) is 6.81. The fourth-order valence-corrected chi connectivity index (χ4v) is 1.94. The van der Waals surface area contributed by atoms with E-state index in [9.17, 15) is 0 Å². The van der Waals surface area contributed by atoms with Crippen LogP contribution in [-0.4, -0.2) is 29.7 Å². The van der Waals surface area contributed by atoms with Crippen molar-refractivity contribution in [2.75, 3.05) is 24.0 Å². The molecule has 1 unspecified atom stereocenters. The summed E-state index contributed by atoms with van der Waals surface area (Å²) >= 11 is 0. The molecule has 1 atom stereocenters. The molecule has 0 aromatic carbocycles. The quantitative estimate of drug-likeness (QED) is 0.555. The molecule has 1 heterocycles. The molecule has 0 spiro atoms. The Morgan fingerprint density at radius 3 is 2.68 bits per heavy atom. The van der Waals surface area contributed by atoms with E-state index in [1.807, 2.05) is 0 Å². The van der Waals surface area contributed by atoms with Crippen LogP contribution in [0.2, 0.25) is 0 Å². The van der Waals surface area contributed by atoms with E-state index >= 15 is 0 Å². The highest BCUT2D eigenvalue weighted by molar-refractivity contribution is 5.64. The smallest absolute Gasteiger partial charge is 0.205 e. The zero-order valence-electron chi connectivity index (χ0n) is 12.3. The first kappa shape index (κ1) is 15.5. The van der Waals surface area contributed by atoms with Gasteiger partial charge in [-0.2, -0.15) is 0 Å². The third kappa shape index (κ3) is 3.70. The van der Waals surface area contributed by atoms with E-state index in [1.165, 1.54) is 6.33 Å². The van der Waals surface area contributed by atoms with Crippen LogP contribution in [0.15, 0.2) is 6.33 Å². The molecule has 6 heteroatoms. The Labute approximate surface area is 115 Å². The monoisotopic (exact) mass is 267 g/mol. The largest absolute Gasteiger partial charge is 0.490 e. The third-order valence-corrected chi connectivity index (χ3v) is 3.27. The molecule has 0 aliphatic carbocycles. The fraction of sp³-hybridized carbons (Fsp3) is 0.692. The van der Waals surface area contributed by atoms with Gasteiger partial charge in [-0.25, -0.2) is 15.8 Å². The molecule has 1 aromatic heterocycles. The Bertz CT molecular complexity index is 385. The summed E-state index contributed by atoms with van der Waals surface area (Å²) in [7, 11) is 1.61. The molecule has 0 aliphatic rings. The Kier molecular flexibility index (Phi) is 6.35. The zero-order valence-corrected chi connectivity index (χ0v) is 12.3. The van der Waals surface area contributed by atoms with Crippen molar-refractivity contribution in [2.45, 2.75) is 46.1 Å². The Hall–Kier alpha value is -1.56. The van der Waals surface area contributed by atoms with Gasteiger partial charge >= 0.3 is 0 Å². The van der Waals surface area contributed by atoms with Crippen molar-refractivity contribution in [1.29, 1.82) is 0 Å². The average Bonchev–Trinajstić information content (AvgIpc) is 2.46. The van der Waals surface area contributed by atoms with Gasteiger partial charge < -0.3 is 15.1 Å². The van der Waals surface area contributed by atoms with Gasteiger partial charge in [-0.1, -0.05) is 20.3 Å². The van der Waals surface area contributed by atoms with Gasteiger partial charge in [0.1, 0.15) is 6.33 Å². The van der Waals surface area contributed by atoms with Crippen molar-refractivity contribution in [3.63, 3.8) is 0 Å². The molecule has 0 bridgehead atoms. The summed E-state index contributed by atoms with van der Waals surface area (Å²) in [6, 6.07) is 0.390. The second kappa shape index (κ2) is 7.78. The minimum absolute atomic E-state index is 0.390. The minimum atomic E-state index is 0.390. The molecule has 1 rings (SSSR count). The number of anilines is 2. The molecule has 0 amide bonds. The van der Waals surface area contributed by atoms with Gasteiger partial charge in [0.25, 0.3) is 0 Å². The fourth-order valence-electron chi connectivity index (χ4n) is 1.94.